The van der Waals surface area contributed by atoms with E-state index in [1.807, 2.05) is 6.07 Å². The molecule has 0 aliphatic heterocycles. The smallest absolute Gasteiger partial charge is 0.266 e. The lowest BCUT2D eigenvalue weighted by atomic mass is 10.2. The van der Waals surface area contributed by atoms with Gasteiger partial charge in [-0.05, 0) is 93.7 Å². The lowest BCUT2D eigenvalue weighted by Crippen LogP contribution is -2.23. The first-order chi connectivity index (χ1) is 17.3. The summed E-state index contributed by atoms with van der Waals surface area (Å²) in [6.07, 6.45) is 0. The number of nitrogens with one attached hydrogen (secondary N) is 1. The zero-order chi connectivity index (χ0) is 27.1. The highest BCUT2D eigenvalue weighted by molar-refractivity contribution is 14.1. The Bertz CT molecular complexity index is 1710. The number of hydrogen-bond acceptors (Lipinski definition) is 6. The third-order valence-electron chi connectivity index (χ3n) is 4.89. The fraction of sp³-hybridized carbons (Fsp3) is 0.0455. The molecule has 4 aromatic rings. The number of carbonyl (C=O) groups is 1. The van der Waals surface area contributed by atoms with Crippen molar-refractivity contribution in [2.45, 2.75) is 10.1 Å². The Morgan fingerprint density at radius 1 is 1.05 bits per heavy atom. The molecule has 0 saturated heterocycles. The maximum Gasteiger partial charge on any atom is 0.266 e. The van der Waals surface area contributed by atoms with Crippen LogP contribution in [0.1, 0.15) is 0 Å². The van der Waals surface area contributed by atoms with Crippen molar-refractivity contribution in [2.24, 2.45) is 5.14 Å². The number of nitrogens with two attached hydrogens (primary N) is 1. The number of fused-ring (bicyclic) bond motifs is 1. The minimum atomic E-state index is -3.92. The topological polar surface area (TPSA) is 124 Å². The van der Waals surface area contributed by atoms with Crippen molar-refractivity contribution in [3.8, 4) is 5.69 Å². The van der Waals surface area contributed by atoms with E-state index in [9.17, 15) is 18.0 Å². The van der Waals surface area contributed by atoms with Gasteiger partial charge >= 0.3 is 0 Å². The summed E-state index contributed by atoms with van der Waals surface area (Å²) in [5.74, 6) is -0.581. The largest absolute Gasteiger partial charge is 0.323 e. The molecule has 0 fully saturated rings. The molecule has 1 aromatic heterocycles. The molecule has 4 rings (SSSR count). The summed E-state index contributed by atoms with van der Waals surface area (Å²) < 4.78 is 26.3. The van der Waals surface area contributed by atoms with Gasteiger partial charge in [0.2, 0.25) is 15.9 Å². The summed E-state index contributed by atoms with van der Waals surface area (Å²) >= 11 is 23.5. The summed E-state index contributed by atoms with van der Waals surface area (Å²) in [6, 6.07) is 12.0. The maximum atomic E-state index is 13.6. The Morgan fingerprint density at radius 2 is 1.68 bits per heavy atom. The molecule has 3 N–H and O–H groups in total. The Morgan fingerprint density at radius 3 is 2.27 bits per heavy atom. The van der Waals surface area contributed by atoms with E-state index in [1.165, 1.54) is 41.0 Å². The molecule has 37 heavy (non-hydrogen) atoms. The molecule has 0 aliphatic carbocycles. The molecule has 0 radical (unpaired) electrons. The van der Waals surface area contributed by atoms with Crippen LogP contribution in [0.3, 0.4) is 0 Å². The van der Waals surface area contributed by atoms with E-state index in [4.69, 9.17) is 39.9 Å². The summed E-state index contributed by atoms with van der Waals surface area (Å²) in [6.45, 7) is 0. The van der Waals surface area contributed by atoms with Crippen molar-refractivity contribution in [2.75, 3.05) is 11.1 Å². The van der Waals surface area contributed by atoms with E-state index < -0.39 is 15.9 Å². The zero-order valence-corrected chi connectivity index (χ0v) is 26.4. The second-order valence-electron chi connectivity index (χ2n) is 7.44. The Balaban J connectivity index is 1.75. The van der Waals surface area contributed by atoms with E-state index in [0.29, 0.717) is 21.6 Å². The molecular weight excluding hydrogens is 809 g/mol. The number of nitrogens with zero attached hydrogens (tertiary/aromatic N) is 2. The van der Waals surface area contributed by atoms with Crippen molar-refractivity contribution >= 4 is 124 Å². The number of sulfonamides is 1. The molecule has 0 unspecified atom stereocenters. The molecule has 1 heterocycles. The highest BCUT2D eigenvalue weighted by Gasteiger charge is 2.19. The molecular formula is C22H13Cl3I2N4O4S2. The molecule has 8 nitrogen and oxygen atoms in total. The van der Waals surface area contributed by atoms with E-state index >= 15 is 0 Å². The van der Waals surface area contributed by atoms with Crippen LogP contribution in [-0.4, -0.2) is 29.6 Å². The Kier molecular flexibility index (Phi) is 9.00. The van der Waals surface area contributed by atoms with E-state index in [0.717, 1.165) is 18.9 Å². The van der Waals surface area contributed by atoms with Crippen LogP contribution in [0.25, 0.3) is 16.6 Å². The number of anilines is 1. The molecule has 1 amide bonds. The Hall–Kier alpha value is -1.14. The van der Waals surface area contributed by atoms with Crippen LogP contribution in [0.5, 0.6) is 0 Å². The minimum absolute atomic E-state index is 0.104. The van der Waals surface area contributed by atoms with Crippen molar-refractivity contribution < 1.29 is 13.2 Å². The van der Waals surface area contributed by atoms with Gasteiger partial charge in [0.05, 0.1) is 43.0 Å². The normalized spacial score (nSPS) is 11.6. The number of thioether (sulfide) groups is 1. The lowest BCUT2D eigenvalue weighted by Gasteiger charge is -2.15. The maximum absolute atomic E-state index is 13.6. The van der Waals surface area contributed by atoms with Crippen molar-refractivity contribution in [1.29, 1.82) is 0 Å². The first-order valence-electron chi connectivity index (χ1n) is 9.97. The first-order valence-corrected chi connectivity index (χ1v) is 15.8. The number of carbonyl (C=O) groups excluding carboxylic acids is 1. The summed E-state index contributed by atoms with van der Waals surface area (Å²) in [5, 5.41) is 9.13. The molecule has 0 spiro atoms. The third kappa shape index (κ3) is 6.54. The predicted molar refractivity (Wildman–Crippen MR) is 165 cm³/mol. The highest BCUT2D eigenvalue weighted by Crippen LogP contribution is 2.34. The van der Waals surface area contributed by atoms with E-state index in [-0.39, 0.29) is 37.1 Å². The van der Waals surface area contributed by atoms with Crippen LogP contribution >= 0.6 is 91.7 Å². The van der Waals surface area contributed by atoms with Gasteiger partial charge in [-0.3, -0.25) is 14.2 Å². The van der Waals surface area contributed by atoms with Crippen LogP contribution in [0.15, 0.2) is 63.4 Å². The van der Waals surface area contributed by atoms with Gasteiger partial charge in [-0.25, -0.2) is 18.5 Å². The number of benzene rings is 3. The van der Waals surface area contributed by atoms with Gasteiger partial charge in [-0.15, -0.1) is 0 Å². The molecule has 15 heteroatoms. The molecule has 3 aromatic carbocycles. The average molecular weight is 822 g/mol. The molecule has 0 aliphatic rings. The van der Waals surface area contributed by atoms with Gasteiger partial charge in [-0.2, -0.15) is 0 Å². The first kappa shape index (κ1) is 28.9. The van der Waals surface area contributed by atoms with Crippen molar-refractivity contribution in [1.82, 2.24) is 9.55 Å². The number of primary sulfonamides is 1. The number of amides is 1. The predicted octanol–water partition coefficient (Wildman–Crippen LogP) is 5.93. The molecule has 0 atom stereocenters. The standard InChI is InChI=1S/C22H13Cl3I2N4O4S2/c23-10-5-15(24)20(16(25)6-10)29-18(32)9-36-22-30-19-14(7-11(26)8-17(19)27)21(33)31(22)12-1-3-13(4-2-12)37(28,34)35/h1-8H,9H2,(H,29,32)(H2,28,34,35). The summed E-state index contributed by atoms with van der Waals surface area (Å²) in [5.41, 5.74) is 0.670. The van der Waals surface area contributed by atoms with Crippen LogP contribution in [0, 0.1) is 7.14 Å². The fourth-order valence-corrected chi connectivity index (χ4v) is 7.47. The monoisotopic (exact) mass is 820 g/mol. The van der Waals surface area contributed by atoms with E-state index in [1.54, 1.807) is 6.07 Å². The number of rotatable bonds is 6. The van der Waals surface area contributed by atoms with Crippen LogP contribution in [0.4, 0.5) is 5.69 Å². The van der Waals surface area contributed by atoms with Gasteiger partial charge in [0.15, 0.2) is 5.16 Å². The molecule has 192 valence electrons. The third-order valence-corrected chi connectivity index (χ3v) is 9.01. The van der Waals surface area contributed by atoms with Gasteiger partial charge in [-0.1, -0.05) is 46.6 Å². The van der Waals surface area contributed by atoms with Crippen molar-refractivity contribution in [3.63, 3.8) is 0 Å². The second-order valence-corrected chi connectivity index (χ2v) is 13.6. The van der Waals surface area contributed by atoms with Gasteiger partial charge in [0.1, 0.15) is 0 Å². The zero-order valence-electron chi connectivity index (χ0n) is 18.1. The number of halogens is 5. The SMILES string of the molecule is NS(=O)(=O)c1ccc(-n2c(SCC(=O)Nc3c(Cl)cc(Cl)cc3Cl)nc3c(I)cc(I)cc3c2=O)cc1. The average Bonchev–Trinajstić information content (AvgIpc) is 2.80. The van der Waals surface area contributed by atoms with Gasteiger partial charge < -0.3 is 5.32 Å². The minimum Gasteiger partial charge on any atom is -0.323 e. The van der Waals surface area contributed by atoms with E-state index in [2.05, 4.69) is 55.5 Å². The molecule has 0 saturated carbocycles. The molecule has 0 bridgehead atoms. The Labute approximate surface area is 257 Å². The van der Waals surface area contributed by atoms with Crippen LogP contribution in [0.2, 0.25) is 15.1 Å². The quantitative estimate of drug-likeness (QED) is 0.141. The fourth-order valence-electron chi connectivity index (χ4n) is 3.27. The van der Waals surface area contributed by atoms with Gasteiger partial charge in [0.25, 0.3) is 5.56 Å². The lowest BCUT2D eigenvalue weighted by molar-refractivity contribution is -0.113. The van der Waals surface area contributed by atoms with Crippen molar-refractivity contribution in [3.05, 3.63) is 81.1 Å². The second kappa shape index (κ2) is 11.5. The number of aromatic nitrogens is 2. The van der Waals surface area contributed by atoms with Crippen LogP contribution < -0.4 is 16.0 Å². The van der Waals surface area contributed by atoms with Crippen LogP contribution in [-0.2, 0) is 14.8 Å². The summed E-state index contributed by atoms with van der Waals surface area (Å²) in [7, 11) is -3.92. The summed E-state index contributed by atoms with van der Waals surface area (Å²) in [4.78, 5) is 30.9. The van der Waals surface area contributed by atoms with Gasteiger partial charge in [0, 0.05) is 12.2 Å². The number of hydrogen-bond donors (Lipinski definition) is 2. The highest BCUT2D eigenvalue weighted by atomic mass is 127.